The Bertz CT molecular complexity index is 3350. The van der Waals surface area contributed by atoms with Crippen LogP contribution in [0.5, 0.6) is 11.5 Å². The zero-order valence-corrected chi connectivity index (χ0v) is 52.7. The Morgan fingerprint density at radius 1 is 0.565 bits per heavy atom. The van der Waals surface area contributed by atoms with Gasteiger partial charge in [-0.2, -0.15) is 13.2 Å². The van der Waals surface area contributed by atoms with Crippen molar-refractivity contribution in [3.8, 4) is 11.5 Å². The number of hydrogen-bond acceptors (Lipinski definition) is 15. The monoisotopic (exact) mass is 1270 g/mol. The average Bonchev–Trinajstić information content (AvgIpc) is 1.75. The van der Waals surface area contributed by atoms with Crippen LogP contribution in [0.4, 0.5) is 30.6 Å². The van der Waals surface area contributed by atoms with Crippen molar-refractivity contribution < 1.29 is 66.4 Å². The smallest absolute Gasteiger partial charge is 0.446 e. The summed E-state index contributed by atoms with van der Waals surface area (Å²) in [5.74, 6) is 4.40. The van der Waals surface area contributed by atoms with Crippen LogP contribution in [0, 0.1) is 11.8 Å². The number of esters is 1. The van der Waals surface area contributed by atoms with Crippen molar-refractivity contribution in [2.45, 2.75) is 159 Å². The van der Waals surface area contributed by atoms with E-state index < -0.39 is 24.4 Å². The Labute approximate surface area is 536 Å². The first-order chi connectivity index (χ1) is 44.4. The molecule has 0 spiro atoms. The number of aliphatic carboxylic acids is 2. The summed E-state index contributed by atoms with van der Waals surface area (Å²) in [6.45, 7) is 7.37. The maximum atomic E-state index is 12.9. The van der Waals surface area contributed by atoms with Crippen LogP contribution >= 0.6 is 0 Å². The molecule has 5 N–H and O–H groups in total. The van der Waals surface area contributed by atoms with Gasteiger partial charge in [0, 0.05) is 95.0 Å². The molecule has 2 amide bonds. The van der Waals surface area contributed by atoms with Gasteiger partial charge in [-0.05, 0) is 183 Å². The highest BCUT2D eigenvalue weighted by molar-refractivity contribution is 5.77. The Morgan fingerprint density at radius 2 is 0.946 bits per heavy atom. The average molecular weight is 1270 g/mol. The van der Waals surface area contributed by atoms with Crippen LogP contribution in [0.1, 0.15) is 158 Å². The molecule has 494 valence electrons. The minimum absolute atomic E-state index is 0.0297. The number of carboxylic acid groups (broad SMARTS) is 2. The fourth-order valence-electron chi connectivity index (χ4n) is 13.2. The van der Waals surface area contributed by atoms with Crippen molar-refractivity contribution in [3.63, 3.8) is 0 Å². The summed E-state index contributed by atoms with van der Waals surface area (Å²) in [5, 5.41) is 28.0. The van der Waals surface area contributed by atoms with Gasteiger partial charge in [0.15, 0.2) is 0 Å². The van der Waals surface area contributed by atoms with E-state index in [1.54, 1.807) is 0 Å². The molecule has 2 saturated heterocycles. The number of aldehydes is 1. The van der Waals surface area contributed by atoms with Crippen LogP contribution in [0.2, 0.25) is 0 Å². The summed E-state index contributed by atoms with van der Waals surface area (Å²) in [6, 6.07) is 25.0. The lowest BCUT2D eigenvalue weighted by atomic mass is 9.82. The first kappa shape index (κ1) is 68.1. The number of likely N-dealkylation sites (tertiary alicyclic amines) is 2. The lowest BCUT2D eigenvalue weighted by molar-refractivity contribution is -0.156. The van der Waals surface area contributed by atoms with E-state index in [2.05, 4.69) is 75.5 Å². The number of rotatable bonds is 19. The van der Waals surface area contributed by atoms with Crippen LogP contribution in [0.25, 0.3) is 0 Å². The van der Waals surface area contributed by atoms with Gasteiger partial charge in [-0.25, -0.2) is 15.0 Å². The molecule has 0 bridgehead atoms. The van der Waals surface area contributed by atoms with Crippen molar-refractivity contribution in [2.75, 3.05) is 82.1 Å². The molecule has 10 heterocycles. The number of halogens is 3. The van der Waals surface area contributed by atoms with E-state index in [4.69, 9.17) is 34.1 Å². The number of carboxylic acids is 2. The molecule has 0 aliphatic carbocycles. The second-order valence-electron chi connectivity index (χ2n) is 24.9. The minimum Gasteiger partial charge on any atom is -0.493 e. The molecule has 22 heteroatoms. The van der Waals surface area contributed by atoms with E-state index in [9.17, 15) is 42.3 Å². The topological polar surface area (TPSA) is 252 Å². The van der Waals surface area contributed by atoms with Crippen molar-refractivity contribution in [3.05, 3.63) is 129 Å². The van der Waals surface area contributed by atoms with Gasteiger partial charge in [0.25, 0.3) is 0 Å². The van der Waals surface area contributed by atoms with Crippen molar-refractivity contribution in [1.82, 2.24) is 24.8 Å². The van der Waals surface area contributed by atoms with Crippen LogP contribution < -0.4 is 25.4 Å². The summed E-state index contributed by atoms with van der Waals surface area (Å²) < 4.78 is 47.7. The first-order valence-corrected chi connectivity index (χ1v) is 32.7. The Hall–Kier alpha value is -8.30. The third-order valence-corrected chi connectivity index (χ3v) is 18.4. The van der Waals surface area contributed by atoms with Gasteiger partial charge in [-0.3, -0.25) is 28.8 Å². The molecule has 0 radical (unpaired) electrons. The molecule has 3 aromatic heterocycles. The van der Waals surface area contributed by atoms with Crippen LogP contribution in [0.3, 0.4) is 0 Å². The quantitative estimate of drug-likeness (QED) is 0.0381. The number of benzene rings is 2. The summed E-state index contributed by atoms with van der Waals surface area (Å²) in [7, 11) is 1.45. The summed E-state index contributed by atoms with van der Waals surface area (Å²) in [6.07, 6.45) is 11.8. The van der Waals surface area contributed by atoms with Gasteiger partial charge in [0.05, 0.1) is 39.6 Å². The largest absolute Gasteiger partial charge is 0.493 e. The number of nitrogens with zero attached hydrogens (tertiary/aromatic N) is 5. The second kappa shape index (κ2) is 33.3. The molecule has 2 atom stereocenters. The molecule has 2 unspecified atom stereocenters. The number of fused-ring (bicyclic) bond motifs is 5. The third kappa shape index (κ3) is 20.3. The molecule has 19 nitrogen and oxygen atoms in total. The van der Waals surface area contributed by atoms with Gasteiger partial charge < -0.3 is 50.2 Å². The molecule has 12 rings (SSSR count). The lowest BCUT2D eigenvalue weighted by Crippen LogP contribution is -2.39. The number of hydrogen-bond donors (Lipinski definition) is 5. The number of ether oxygens (including phenoxy) is 3. The van der Waals surface area contributed by atoms with E-state index in [-0.39, 0.29) is 42.5 Å². The van der Waals surface area contributed by atoms with Gasteiger partial charge >= 0.3 is 24.1 Å². The lowest BCUT2D eigenvalue weighted by Gasteiger charge is -2.34. The highest BCUT2D eigenvalue weighted by Crippen LogP contribution is 2.39. The van der Waals surface area contributed by atoms with Gasteiger partial charge in [0.2, 0.25) is 18.1 Å². The van der Waals surface area contributed by atoms with E-state index in [0.717, 1.165) is 199 Å². The van der Waals surface area contributed by atoms with Crippen LogP contribution in [-0.2, 0) is 84.9 Å². The molecule has 7 aliphatic heterocycles. The van der Waals surface area contributed by atoms with Crippen molar-refractivity contribution in [2.24, 2.45) is 11.8 Å². The first-order valence-electron chi connectivity index (χ1n) is 32.7. The number of aryl methyl sites for hydroxylation is 6. The fraction of sp³-hybridized carbons (Fsp3) is 0.529. The molecule has 0 saturated carbocycles. The molecule has 2 fully saturated rings. The standard InChI is InChI=1S/C29H37N3O4.C28H35N3O4.C11H14N2O2.C2HF3O/c1-35-28(34)19-24(23-5-4-21-12-16-36-26(21)18-23)17-20-10-14-32(15-11-20)27(33)9-8-25-7-6-22-3-2-13-30-29(22)31-25;32-26(8-7-24-6-5-21-2-1-12-29-28(21)30-24)31-13-9-19(10-14-31)16-23(18-27(33)34)22-4-3-20-11-15-35-25(20)17-22;14-10(15)6-5-9-4-3-8-2-1-7-12-11(8)13-9;3-2(4,5)1-6/h4-7,18,20,24H,2-3,8-17,19H2,1H3,(H,30,31);3-6,17,19,23H,1-2,7-16,18H2,(H,29,30)(H,33,34);3-4H,1-2,5-7H2,(H,12,13)(H,14,15);1H. The number of piperidine rings is 2. The van der Waals surface area contributed by atoms with Crippen LogP contribution in [-0.4, -0.2) is 143 Å². The molecule has 92 heavy (non-hydrogen) atoms. The zero-order chi connectivity index (χ0) is 65.0. The zero-order valence-electron chi connectivity index (χ0n) is 52.7. The molecule has 7 aliphatic rings. The number of pyridine rings is 3. The van der Waals surface area contributed by atoms with E-state index in [1.807, 2.05) is 28.0 Å². The third-order valence-electron chi connectivity index (χ3n) is 18.4. The summed E-state index contributed by atoms with van der Waals surface area (Å²) >= 11 is 0. The maximum absolute atomic E-state index is 12.9. The normalized spacial score (nSPS) is 17.0. The predicted molar refractivity (Wildman–Crippen MR) is 341 cm³/mol. The summed E-state index contributed by atoms with van der Waals surface area (Å²) in [5.41, 5.74) is 11.2. The van der Waals surface area contributed by atoms with E-state index in [1.165, 1.54) is 34.9 Å². The minimum atomic E-state index is -4.64. The number of carbonyl (C=O) groups excluding carboxylic acids is 4. The maximum Gasteiger partial charge on any atom is 0.446 e. The highest BCUT2D eigenvalue weighted by Gasteiger charge is 2.31. The van der Waals surface area contributed by atoms with Gasteiger partial charge in [-0.15, -0.1) is 0 Å². The second-order valence-corrected chi connectivity index (χ2v) is 24.9. The van der Waals surface area contributed by atoms with E-state index in [0.29, 0.717) is 57.0 Å². The number of methoxy groups -OCH3 is 1. The number of nitrogens with one attached hydrogen (secondary N) is 3. The number of amides is 2. The number of aromatic nitrogens is 3. The predicted octanol–water partition coefficient (Wildman–Crippen LogP) is 10.7. The number of carbonyl (C=O) groups is 6. The van der Waals surface area contributed by atoms with Crippen LogP contribution in [0.15, 0.2) is 72.8 Å². The molecular formula is C70H87F3N8O11. The Morgan fingerprint density at radius 3 is 1.32 bits per heavy atom. The fourth-order valence-corrected chi connectivity index (χ4v) is 13.2. The molecule has 5 aromatic rings. The molecular weight excluding hydrogens is 1190 g/mol. The highest BCUT2D eigenvalue weighted by atomic mass is 19.4. The SMILES string of the molecule is COC(=O)CC(CC1CCN(C(=O)CCc2ccc3c(n2)NCCC3)CC1)c1ccc2c(c1)OCC2.O=C(O)CC(CC1CCN(C(=O)CCc2ccc3c(n2)NCCC3)CC1)c1ccc2c(c1)OCC2.O=C(O)CCc1ccc2c(n1)NCCC2.O=CC(F)(F)F. The van der Waals surface area contributed by atoms with Crippen molar-refractivity contribution in [1.29, 1.82) is 0 Å². The van der Waals surface area contributed by atoms with Gasteiger partial charge in [0.1, 0.15) is 29.0 Å². The Kier molecular flexibility index (Phi) is 24.7. The number of anilines is 3. The molecule has 2 aromatic carbocycles. The Balaban J connectivity index is 0.000000166. The summed E-state index contributed by atoms with van der Waals surface area (Å²) in [4.78, 5) is 86.5. The van der Waals surface area contributed by atoms with Crippen molar-refractivity contribution >= 4 is 53.5 Å². The number of alkyl halides is 3. The van der Waals surface area contributed by atoms with E-state index >= 15 is 0 Å². The van der Waals surface area contributed by atoms with Gasteiger partial charge in [-0.1, -0.05) is 42.5 Å².